The molecule has 0 aliphatic carbocycles. The monoisotopic (exact) mass is 450 g/mol. The van der Waals surface area contributed by atoms with Gasteiger partial charge in [-0.05, 0) is 80.4 Å². The van der Waals surface area contributed by atoms with Crippen molar-refractivity contribution in [1.82, 2.24) is 9.13 Å². The zero-order valence-corrected chi connectivity index (χ0v) is 20.2. The van der Waals surface area contributed by atoms with Crippen LogP contribution in [0.3, 0.4) is 0 Å². The van der Waals surface area contributed by atoms with Crippen molar-refractivity contribution in [3.63, 3.8) is 0 Å². The van der Waals surface area contributed by atoms with Crippen molar-refractivity contribution in [2.45, 2.75) is 20.8 Å². The number of benzene rings is 5. The number of aromatic nitrogens is 2. The number of hydrogen-bond donors (Lipinski definition) is 0. The average Bonchev–Trinajstić information content (AvgIpc) is 3.38. The summed E-state index contributed by atoms with van der Waals surface area (Å²) >= 11 is 0. The van der Waals surface area contributed by atoms with E-state index in [0.29, 0.717) is 0 Å². The summed E-state index contributed by atoms with van der Waals surface area (Å²) in [5.74, 6) is 0. The van der Waals surface area contributed by atoms with Crippen LogP contribution in [0.15, 0.2) is 103 Å². The summed E-state index contributed by atoms with van der Waals surface area (Å²) in [6.45, 7) is 6.54. The van der Waals surface area contributed by atoms with E-state index in [2.05, 4.69) is 133 Å². The van der Waals surface area contributed by atoms with Crippen molar-refractivity contribution >= 4 is 43.6 Å². The summed E-state index contributed by atoms with van der Waals surface area (Å²) in [6, 6.07) is 37.9. The summed E-state index contributed by atoms with van der Waals surface area (Å²) in [7, 11) is 0. The Morgan fingerprint density at radius 2 is 1.14 bits per heavy atom. The van der Waals surface area contributed by atoms with Gasteiger partial charge in [-0.25, -0.2) is 0 Å². The van der Waals surface area contributed by atoms with Crippen LogP contribution in [0, 0.1) is 20.8 Å². The van der Waals surface area contributed by atoms with Gasteiger partial charge in [-0.2, -0.15) is 0 Å². The summed E-state index contributed by atoms with van der Waals surface area (Å²) < 4.78 is 4.86. The first-order chi connectivity index (χ1) is 17.1. The molecule has 0 atom stereocenters. The molecule has 0 radical (unpaired) electrons. The van der Waals surface area contributed by atoms with Crippen molar-refractivity contribution in [2.75, 3.05) is 0 Å². The molecule has 0 aliphatic heterocycles. The van der Waals surface area contributed by atoms with Crippen LogP contribution in [0.25, 0.3) is 55.0 Å². The first kappa shape index (κ1) is 20.1. The highest BCUT2D eigenvalue weighted by molar-refractivity contribution is 6.16. The minimum absolute atomic E-state index is 1.20. The lowest BCUT2D eigenvalue weighted by atomic mass is 10.1. The van der Waals surface area contributed by atoms with E-state index in [1.165, 1.54) is 71.7 Å². The number of nitrogens with zero attached hydrogens (tertiary/aromatic N) is 2. The van der Waals surface area contributed by atoms with E-state index in [1.54, 1.807) is 0 Å². The Labute approximate surface area is 204 Å². The van der Waals surface area contributed by atoms with Gasteiger partial charge in [0.2, 0.25) is 0 Å². The molecule has 0 unspecified atom stereocenters. The average molecular weight is 451 g/mol. The predicted molar refractivity (Wildman–Crippen MR) is 149 cm³/mol. The van der Waals surface area contributed by atoms with E-state index in [1.807, 2.05) is 0 Å². The Balaban J connectivity index is 1.66. The second-order valence-corrected chi connectivity index (χ2v) is 9.67. The Bertz CT molecular complexity index is 1930. The third kappa shape index (κ3) is 2.83. The molecule has 5 aromatic carbocycles. The first-order valence-corrected chi connectivity index (χ1v) is 12.2. The smallest absolute Gasteiger partial charge is 0.0562 e. The summed E-state index contributed by atoms with van der Waals surface area (Å²) in [5, 5.41) is 5.15. The molecule has 2 heteroatoms. The SMILES string of the molecule is Cc1ccc2c(c1)c1ccccc1n2-c1cccc2c1c1ccccc1n2-c1ccc(C)c(C)c1. The Hall–Kier alpha value is -4.30. The minimum Gasteiger partial charge on any atom is -0.309 e. The summed E-state index contributed by atoms with van der Waals surface area (Å²) in [4.78, 5) is 0. The number of aryl methyl sites for hydroxylation is 3. The van der Waals surface area contributed by atoms with Crippen molar-refractivity contribution in [1.29, 1.82) is 0 Å². The maximum Gasteiger partial charge on any atom is 0.0562 e. The van der Waals surface area contributed by atoms with Gasteiger partial charge >= 0.3 is 0 Å². The van der Waals surface area contributed by atoms with E-state index < -0.39 is 0 Å². The molecule has 7 rings (SSSR count). The number of hydrogen-bond acceptors (Lipinski definition) is 0. The summed E-state index contributed by atoms with van der Waals surface area (Å²) in [6.07, 6.45) is 0. The highest BCUT2D eigenvalue weighted by atomic mass is 15.0. The van der Waals surface area contributed by atoms with E-state index in [-0.39, 0.29) is 0 Å². The van der Waals surface area contributed by atoms with E-state index >= 15 is 0 Å². The molecular weight excluding hydrogens is 424 g/mol. The highest BCUT2D eigenvalue weighted by Crippen LogP contribution is 2.40. The Morgan fingerprint density at radius 1 is 0.457 bits per heavy atom. The molecule has 0 N–H and O–H groups in total. The fourth-order valence-electron chi connectivity index (χ4n) is 5.68. The lowest BCUT2D eigenvalue weighted by molar-refractivity contribution is 1.15. The molecule has 0 fully saturated rings. The van der Waals surface area contributed by atoms with Gasteiger partial charge in [0.15, 0.2) is 0 Å². The second-order valence-electron chi connectivity index (χ2n) is 9.67. The number of rotatable bonds is 2. The fraction of sp³-hybridized carbons (Fsp3) is 0.0909. The molecular formula is C33H26N2. The van der Waals surface area contributed by atoms with Crippen LogP contribution in [0.5, 0.6) is 0 Å². The van der Waals surface area contributed by atoms with Crippen molar-refractivity contribution in [2.24, 2.45) is 0 Å². The van der Waals surface area contributed by atoms with Crippen LogP contribution in [0.2, 0.25) is 0 Å². The molecule has 0 saturated carbocycles. The van der Waals surface area contributed by atoms with Gasteiger partial charge in [-0.15, -0.1) is 0 Å². The molecule has 7 aromatic rings. The van der Waals surface area contributed by atoms with Gasteiger partial charge in [0.1, 0.15) is 0 Å². The normalized spacial score (nSPS) is 11.9. The van der Waals surface area contributed by atoms with Crippen LogP contribution in [0.1, 0.15) is 16.7 Å². The molecule has 0 aliphatic rings. The molecule has 2 heterocycles. The van der Waals surface area contributed by atoms with Gasteiger partial charge in [0.05, 0.1) is 27.8 Å². The van der Waals surface area contributed by atoms with Crippen LogP contribution in [0.4, 0.5) is 0 Å². The van der Waals surface area contributed by atoms with Crippen molar-refractivity contribution < 1.29 is 0 Å². The Morgan fingerprint density at radius 3 is 1.94 bits per heavy atom. The van der Waals surface area contributed by atoms with Gasteiger partial charge in [0, 0.05) is 27.2 Å². The number of para-hydroxylation sites is 2. The van der Waals surface area contributed by atoms with Gasteiger partial charge in [0.25, 0.3) is 0 Å². The minimum atomic E-state index is 1.20. The van der Waals surface area contributed by atoms with Crippen LogP contribution in [-0.2, 0) is 0 Å². The van der Waals surface area contributed by atoms with Gasteiger partial charge in [-0.1, -0.05) is 60.2 Å². The molecule has 2 nitrogen and oxygen atoms in total. The maximum absolute atomic E-state index is 2.45. The zero-order chi connectivity index (χ0) is 23.7. The molecule has 0 amide bonds. The largest absolute Gasteiger partial charge is 0.309 e. The van der Waals surface area contributed by atoms with E-state index in [0.717, 1.165) is 0 Å². The molecule has 0 saturated heterocycles. The van der Waals surface area contributed by atoms with Crippen molar-refractivity contribution in [3.05, 3.63) is 120 Å². The topological polar surface area (TPSA) is 9.86 Å². The maximum atomic E-state index is 2.45. The number of fused-ring (bicyclic) bond motifs is 6. The standard InChI is InChI=1S/C33H26N2/c1-21-15-18-30-27(19-21)25-9-4-6-11-28(25)35(30)32-14-8-13-31-33(32)26-10-5-7-12-29(26)34(31)24-17-16-22(2)23(3)20-24/h4-20H,1-3H3. The van der Waals surface area contributed by atoms with Crippen molar-refractivity contribution in [3.8, 4) is 11.4 Å². The van der Waals surface area contributed by atoms with Gasteiger partial charge < -0.3 is 9.13 Å². The molecule has 2 aromatic heterocycles. The molecule has 35 heavy (non-hydrogen) atoms. The van der Waals surface area contributed by atoms with Crippen LogP contribution >= 0.6 is 0 Å². The molecule has 0 spiro atoms. The molecule has 0 bridgehead atoms. The molecule has 168 valence electrons. The fourth-order valence-corrected chi connectivity index (χ4v) is 5.68. The second kappa shape index (κ2) is 7.35. The van der Waals surface area contributed by atoms with Crippen LogP contribution in [-0.4, -0.2) is 9.13 Å². The third-order valence-electron chi connectivity index (χ3n) is 7.49. The van der Waals surface area contributed by atoms with Crippen LogP contribution < -0.4 is 0 Å². The summed E-state index contributed by atoms with van der Waals surface area (Å²) in [5.41, 5.74) is 11.3. The highest BCUT2D eigenvalue weighted by Gasteiger charge is 2.19. The van der Waals surface area contributed by atoms with Gasteiger partial charge in [-0.3, -0.25) is 0 Å². The van der Waals surface area contributed by atoms with E-state index in [9.17, 15) is 0 Å². The lowest BCUT2D eigenvalue weighted by Gasteiger charge is -2.12. The first-order valence-electron chi connectivity index (χ1n) is 12.2. The lowest BCUT2D eigenvalue weighted by Crippen LogP contribution is -1.97. The quantitative estimate of drug-likeness (QED) is 0.249. The van der Waals surface area contributed by atoms with E-state index in [4.69, 9.17) is 0 Å². The predicted octanol–water partition coefficient (Wildman–Crippen LogP) is 8.81. The Kier molecular flexibility index (Phi) is 4.22. The zero-order valence-electron chi connectivity index (χ0n) is 20.2. The third-order valence-corrected chi connectivity index (χ3v) is 7.49.